The van der Waals surface area contributed by atoms with Crippen molar-refractivity contribution in [2.75, 3.05) is 13.6 Å². The van der Waals surface area contributed by atoms with Gasteiger partial charge in [-0.1, -0.05) is 40.0 Å². The van der Waals surface area contributed by atoms with E-state index in [1.165, 1.54) is 24.8 Å². The molecule has 1 aromatic carbocycles. The van der Waals surface area contributed by atoms with Crippen molar-refractivity contribution < 1.29 is 0 Å². The van der Waals surface area contributed by atoms with Crippen LogP contribution in [-0.2, 0) is 6.42 Å². The lowest BCUT2D eigenvalue weighted by Crippen LogP contribution is -2.23. The van der Waals surface area contributed by atoms with Gasteiger partial charge in [0.05, 0.1) is 0 Å². The van der Waals surface area contributed by atoms with Gasteiger partial charge in [-0.2, -0.15) is 0 Å². The second kappa shape index (κ2) is 6.21. The van der Waals surface area contributed by atoms with Gasteiger partial charge in [0.1, 0.15) is 0 Å². The minimum absolute atomic E-state index is 0.793. The molecule has 0 radical (unpaired) electrons. The van der Waals surface area contributed by atoms with E-state index < -0.39 is 0 Å². The molecule has 17 heavy (non-hydrogen) atoms. The lowest BCUT2D eigenvalue weighted by Gasteiger charge is -2.19. The zero-order valence-electron chi connectivity index (χ0n) is 10.2. The molecule has 2 rings (SSSR count). The summed E-state index contributed by atoms with van der Waals surface area (Å²) in [5.41, 5.74) is 1.29. The summed E-state index contributed by atoms with van der Waals surface area (Å²) < 4.78 is 1.06. The third-order valence-electron chi connectivity index (χ3n) is 3.78. The third-order valence-corrected chi connectivity index (χ3v) is 4.63. The van der Waals surface area contributed by atoms with Crippen LogP contribution in [0.15, 0.2) is 22.7 Å². The Morgan fingerprint density at radius 3 is 2.82 bits per heavy atom. The highest BCUT2D eigenvalue weighted by atomic mass is 79.9. The van der Waals surface area contributed by atoms with Crippen LogP contribution in [0.1, 0.15) is 24.8 Å². The van der Waals surface area contributed by atoms with Crippen LogP contribution >= 0.6 is 27.5 Å². The number of hydrogen-bond acceptors (Lipinski definition) is 1. The zero-order chi connectivity index (χ0) is 12.3. The Bertz CT molecular complexity index is 380. The van der Waals surface area contributed by atoms with E-state index >= 15 is 0 Å². The van der Waals surface area contributed by atoms with Crippen LogP contribution in [0, 0.1) is 11.8 Å². The largest absolute Gasteiger partial charge is 0.319 e. The Balaban J connectivity index is 2.04. The lowest BCUT2D eigenvalue weighted by molar-refractivity contribution is 0.374. The molecule has 0 heterocycles. The first-order valence-electron chi connectivity index (χ1n) is 6.29. The van der Waals surface area contributed by atoms with Crippen molar-refractivity contribution in [1.82, 2.24) is 5.32 Å². The van der Waals surface area contributed by atoms with E-state index in [4.69, 9.17) is 11.6 Å². The molecule has 0 aromatic heterocycles. The molecule has 1 N–H and O–H groups in total. The van der Waals surface area contributed by atoms with Crippen molar-refractivity contribution >= 4 is 27.5 Å². The second-order valence-electron chi connectivity index (χ2n) is 4.95. The van der Waals surface area contributed by atoms with Crippen LogP contribution in [0.3, 0.4) is 0 Å². The highest BCUT2D eigenvalue weighted by molar-refractivity contribution is 9.10. The Labute approximate surface area is 117 Å². The number of hydrogen-bond donors (Lipinski definition) is 1. The SMILES string of the molecule is CNCC1CCCC1Cc1ccc(Br)cc1Cl. The predicted molar refractivity (Wildman–Crippen MR) is 77.6 cm³/mol. The number of benzene rings is 1. The van der Waals surface area contributed by atoms with Gasteiger partial charge >= 0.3 is 0 Å². The maximum absolute atomic E-state index is 6.29. The average Bonchev–Trinajstić information content (AvgIpc) is 2.71. The molecule has 1 nitrogen and oxygen atoms in total. The zero-order valence-corrected chi connectivity index (χ0v) is 12.5. The topological polar surface area (TPSA) is 12.0 Å². The predicted octanol–water partition coefficient (Wildman–Crippen LogP) is 4.28. The van der Waals surface area contributed by atoms with Gasteiger partial charge in [-0.25, -0.2) is 0 Å². The van der Waals surface area contributed by atoms with Crippen LogP contribution in [0.25, 0.3) is 0 Å². The molecule has 1 aromatic rings. The first kappa shape index (κ1) is 13.4. The molecular weight excluding hydrogens is 298 g/mol. The maximum Gasteiger partial charge on any atom is 0.0449 e. The van der Waals surface area contributed by atoms with Crippen LogP contribution in [-0.4, -0.2) is 13.6 Å². The van der Waals surface area contributed by atoms with Gasteiger partial charge in [0, 0.05) is 9.50 Å². The summed E-state index contributed by atoms with van der Waals surface area (Å²) in [6.45, 7) is 1.14. The fourth-order valence-corrected chi connectivity index (χ4v) is 3.63. The molecule has 0 saturated heterocycles. The molecule has 0 bridgehead atoms. The Kier molecular flexibility index (Phi) is 4.89. The summed E-state index contributed by atoms with van der Waals surface area (Å²) in [6.07, 6.45) is 5.20. The molecule has 0 spiro atoms. The van der Waals surface area contributed by atoms with E-state index in [0.717, 1.165) is 34.3 Å². The molecule has 0 amide bonds. The Morgan fingerprint density at radius 1 is 1.35 bits per heavy atom. The summed E-state index contributed by atoms with van der Waals surface area (Å²) in [6, 6.07) is 6.24. The Morgan fingerprint density at radius 2 is 2.12 bits per heavy atom. The molecule has 1 aliphatic rings. The van der Waals surface area contributed by atoms with E-state index in [2.05, 4.69) is 33.4 Å². The van der Waals surface area contributed by atoms with E-state index in [-0.39, 0.29) is 0 Å². The van der Waals surface area contributed by atoms with Gasteiger partial charge in [-0.05, 0) is 62.4 Å². The maximum atomic E-state index is 6.29. The second-order valence-corrected chi connectivity index (χ2v) is 6.27. The average molecular weight is 317 g/mol. The molecule has 1 fully saturated rings. The Hall–Kier alpha value is -0.0500. The summed E-state index contributed by atoms with van der Waals surface area (Å²) >= 11 is 9.74. The van der Waals surface area contributed by atoms with Crippen LogP contribution in [0.2, 0.25) is 5.02 Å². The van der Waals surface area contributed by atoms with Crippen molar-refractivity contribution in [1.29, 1.82) is 0 Å². The first-order valence-corrected chi connectivity index (χ1v) is 7.46. The fraction of sp³-hybridized carbons (Fsp3) is 0.571. The number of nitrogens with one attached hydrogen (secondary N) is 1. The normalized spacial score (nSPS) is 24.2. The van der Waals surface area contributed by atoms with E-state index in [0.29, 0.717) is 0 Å². The minimum atomic E-state index is 0.793. The molecule has 2 unspecified atom stereocenters. The monoisotopic (exact) mass is 315 g/mol. The van der Waals surface area contributed by atoms with Gasteiger partial charge in [-0.15, -0.1) is 0 Å². The van der Waals surface area contributed by atoms with Gasteiger partial charge < -0.3 is 5.32 Å². The van der Waals surface area contributed by atoms with Gasteiger partial charge in [0.25, 0.3) is 0 Å². The van der Waals surface area contributed by atoms with Crippen LogP contribution in [0.5, 0.6) is 0 Å². The summed E-state index contributed by atoms with van der Waals surface area (Å²) in [5, 5.41) is 4.21. The van der Waals surface area contributed by atoms with Crippen molar-refractivity contribution in [3.8, 4) is 0 Å². The molecule has 1 aliphatic carbocycles. The van der Waals surface area contributed by atoms with E-state index in [9.17, 15) is 0 Å². The molecule has 1 saturated carbocycles. The summed E-state index contributed by atoms with van der Waals surface area (Å²) in [5.74, 6) is 1.61. The quantitative estimate of drug-likeness (QED) is 0.874. The fourth-order valence-electron chi connectivity index (χ4n) is 2.88. The molecule has 2 atom stereocenters. The number of rotatable bonds is 4. The third kappa shape index (κ3) is 3.46. The first-order chi connectivity index (χ1) is 8.20. The molecule has 0 aliphatic heterocycles. The van der Waals surface area contributed by atoms with Crippen molar-refractivity contribution in [3.05, 3.63) is 33.3 Å². The standard InChI is InChI=1S/C14H19BrClN/c1-17-9-12-4-2-3-10(12)7-11-5-6-13(15)8-14(11)16/h5-6,8,10,12,17H,2-4,7,9H2,1H3. The number of halogens is 2. The van der Waals surface area contributed by atoms with E-state index in [1.54, 1.807) is 0 Å². The van der Waals surface area contributed by atoms with Gasteiger partial charge in [0.2, 0.25) is 0 Å². The van der Waals surface area contributed by atoms with Crippen molar-refractivity contribution in [2.24, 2.45) is 11.8 Å². The molecule has 94 valence electrons. The highest BCUT2D eigenvalue weighted by Crippen LogP contribution is 2.35. The van der Waals surface area contributed by atoms with Crippen LogP contribution < -0.4 is 5.32 Å². The van der Waals surface area contributed by atoms with Crippen LogP contribution in [0.4, 0.5) is 0 Å². The van der Waals surface area contributed by atoms with Crippen molar-refractivity contribution in [2.45, 2.75) is 25.7 Å². The van der Waals surface area contributed by atoms with E-state index in [1.807, 2.05) is 13.1 Å². The minimum Gasteiger partial charge on any atom is -0.319 e. The highest BCUT2D eigenvalue weighted by Gasteiger charge is 2.27. The summed E-state index contributed by atoms with van der Waals surface area (Å²) in [4.78, 5) is 0. The summed E-state index contributed by atoms with van der Waals surface area (Å²) in [7, 11) is 2.04. The van der Waals surface area contributed by atoms with Gasteiger partial charge in [0.15, 0.2) is 0 Å². The molecular formula is C14H19BrClN. The van der Waals surface area contributed by atoms with Gasteiger partial charge in [-0.3, -0.25) is 0 Å². The van der Waals surface area contributed by atoms with Crippen molar-refractivity contribution in [3.63, 3.8) is 0 Å². The smallest absolute Gasteiger partial charge is 0.0449 e. The lowest BCUT2D eigenvalue weighted by atomic mass is 9.89. The molecule has 3 heteroatoms.